The average molecular weight is 438 g/mol. The van der Waals surface area contributed by atoms with Crippen LogP contribution in [0.15, 0.2) is 72.8 Å². The third-order valence-electron chi connectivity index (χ3n) is 4.05. The van der Waals surface area contributed by atoms with E-state index in [9.17, 15) is 19.2 Å². The van der Waals surface area contributed by atoms with Crippen molar-refractivity contribution >= 4 is 36.0 Å². The Morgan fingerprint density at radius 1 is 0.625 bits per heavy atom. The molecule has 8 nitrogen and oxygen atoms in total. The van der Waals surface area contributed by atoms with Gasteiger partial charge in [-0.15, -0.1) is 0 Å². The molecular formula is C24H22O8. The molecule has 0 aromatic heterocycles. The lowest BCUT2D eigenvalue weighted by atomic mass is 10.2. The Hall–Kier alpha value is -4.20. The van der Waals surface area contributed by atoms with E-state index in [1.807, 2.05) is 12.1 Å². The first-order chi connectivity index (χ1) is 15.4. The topological polar surface area (TPSA) is 105 Å². The van der Waals surface area contributed by atoms with E-state index in [2.05, 4.69) is 9.47 Å². The van der Waals surface area contributed by atoms with Gasteiger partial charge in [0.05, 0.1) is 14.2 Å². The molecule has 0 heterocycles. The van der Waals surface area contributed by atoms with Gasteiger partial charge in [0.15, 0.2) is 0 Å². The quantitative estimate of drug-likeness (QED) is 0.334. The number of hydrogen-bond acceptors (Lipinski definition) is 8. The van der Waals surface area contributed by atoms with Crippen LogP contribution >= 0.6 is 0 Å². The van der Waals surface area contributed by atoms with Crippen LogP contribution < -0.4 is 0 Å². The first-order valence-corrected chi connectivity index (χ1v) is 9.47. The van der Waals surface area contributed by atoms with Crippen molar-refractivity contribution in [3.05, 3.63) is 83.9 Å². The van der Waals surface area contributed by atoms with Gasteiger partial charge < -0.3 is 18.9 Å². The molecular weight excluding hydrogens is 416 g/mol. The second kappa shape index (κ2) is 12.5. The Kier molecular flexibility index (Phi) is 9.39. The molecule has 0 bridgehead atoms. The number of rotatable bonds is 9. The fourth-order valence-electron chi connectivity index (χ4n) is 2.49. The van der Waals surface area contributed by atoms with Crippen LogP contribution in [0.25, 0.3) is 12.2 Å². The zero-order chi connectivity index (χ0) is 23.3. The molecule has 0 aliphatic rings. The van der Waals surface area contributed by atoms with Crippen molar-refractivity contribution in [2.75, 3.05) is 14.2 Å². The van der Waals surface area contributed by atoms with Gasteiger partial charge in [0, 0.05) is 12.2 Å². The third-order valence-corrected chi connectivity index (χ3v) is 4.05. The van der Waals surface area contributed by atoms with Crippen molar-refractivity contribution in [3.8, 4) is 0 Å². The second-order valence-corrected chi connectivity index (χ2v) is 6.25. The van der Waals surface area contributed by atoms with E-state index >= 15 is 0 Å². The maximum atomic E-state index is 12.2. The van der Waals surface area contributed by atoms with Gasteiger partial charge in [-0.3, -0.25) is 0 Å². The number of esters is 4. The molecule has 0 aliphatic heterocycles. The van der Waals surface area contributed by atoms with Crippen LogP contribution in [0.5, 0.6) is 0 Å². The van der Waals surface area contributed by atoms with Crippen molar-refractivity contribution in [2.24, 2.45) is 0 Å². The summed E-state index contributed by atoms with van der Waals surface area (Å²) in [5.41, 5.74) is 1.42. The summed E-state index contributed by atoms with van der Waals surface area (Å²) in [6, 6.07) is 17.7. The molecule has 0 amide bonds. The van der Waals surface area contributed by atoms with Crippen LogP contribution in [0.4, 0.5) is 0 Å². The largest absolute Gasteiger partial charge is 0.466 e. The molecule has 2 aromatic carbocycles. The fraction of sp³-hybridized carbons (Fsp3) is 0.167. The second-order valence-electron chi connectivity index (χ2n) is 6.25. The maximum Gasteiger partial charge on any atom is 0.351 e. The zero-order valence-electron chi connectivity index (χ0n) is 17.5. The van der Waals surface area contributed by atoms with Gasteiger partial charge in [0.2, 0.25) is 12.2 Å². The summed E-state index contributed by atoms with van der Waals surface area (Å²) in [5.74, 6) is -4.09. The molecule has 8 heteroatoms. The lowest BCUT2D eigenvalue weighted by Crippen LogP contribution is -2.46. The summed E-state index contributed by atoms with van der Waals surface area (Å²) >= 11 is 0. The third kappa shape index (κ3) is 7.56. The number of carbonyl (C=O) groups is 4. The van der Waals surface area contributed by atoms with Crippen LogP contribution in [0.3, 0.4) is 0 Å². The minimum atomic E-state index is -1.87. The highest BCUT2D eigenvalue weighted by molar-refractivity contribution is 5.94. The van der Waals surface area contributed by atoms with E-state index in [0.29, 0.717) is 11.1 Å². The molecule has 32 heavy (non-hydrogen) atoms. The zero-order valence-corrected chi connectivity index (χ0v) is 17.5. The molecule has 0 aliphatic carbocycles. The molecule has 2 rings (SSSR count). The van der Waals surface area contributed by atoms with Gasteiger partial charge in [-0.05, 0) is 23.3 Å². The van der Waals surface area contributed by atoms with E-state index < -0.39 is 36.1 Å². The number of carbonyl (C=O) groups excluding carboxylic acids is 4. The van der Waals surface area contributed by atoms with Crippen molar-refractivity contribution in [3.63, 3.8) is 0 Å². The smallest absolute Gasteiger partial charge is 0.351 e. The van der Waals surface area contributed by atoms with Crippen LogP contribution in [0.1, 0.15) is 11.1 Å². The van der Waals surface area contributed by atoms with Crippen LogP contribution in [0.2, 0.25) is 0 Å². The summed E-state index contributed by atoms with van der Waals surface area (Å²) in [5, 5.41) is 0. The van der Waals surface area contributed by atoms with E-state index in [-0.39, 0.29) is 0 Å². The molecule has 0 N–H and O–H groups in total. The molecule has 0 spiro atoms. The first-order valence-electron chi connectivity index (χ1n) is 9.47. The predicted octanol–water partition coefficient (Wildman–Crippen LogP) is 2.58. The van der Waals surface area contributed by atoms with Gasteiger partial charge in [-0.1, -0.05) is 60.7 Å². The van der Waals surface area contributed by atoms with E-state index in [0.717, 1.165) is 26.4 Å². The summed E-state index contributed by atoms with van der Waals surface area (Å²) in [7, 11) is 2.07. The van der Waals surface area contributed by atoms with Crippen LogP contribution in [-0.2, 0) is 38.1 Å². The molecule has 0 saturated heterocycles. The summed E-state index contributed by atoms with van der Waals surface area (Å²) in [6.45, 7) is 0. The van der Waals surface area contributed by atoms with Crippen molar-refractivity contribution < 1.29 is 38.1 Å². The highest BCUT2D eigenvalue weighted by Crippen LogP contribution is 2.12. The normalized spacial score (nSPS) is 12.7. The average Bonchev–Trinajstić information content (AvgIpc) is 2.83. The van der Waals surface area contributed by atoms with Crippen LogP contribution in [0, 0.1) is 0 Å². The molecule has 0 unspecified atom stereocenters. The Morgan fingerprint density at radius 2 is 0.969 bits per heavy atom. The van der Waals surface area contributed by atoms with Gasteiger partial charge >= 0.3 is 23.9 Å². The van der Waals surface area contributed by atoms with Crippen molar-refractivity contribution in [1.29, 1.82) is 0 Å². The standard InChI is InChI=1S/C24H22O8/c1-29-23(27)21(31-19(25)15-13-17-9-5-3-6-10-17)22(24(28)30-2)32-20(26)16-14-18-11-7-4-8-12-18/h3-16,21-22H,1-2H3/b15-13+,16-14+/t21-,22+. The van der Waals surface area contributed by atoms with Crippen LogP contribution in [-0.4, -0.2) is 50.3 Å². The molecule has 2 aromatic rings. The number of benzene rings is 2. The van der Waals surface area contributed by atoms with E-state index in [1.165, 1.54) is 12.2 Å². The van der Waals surface area contributed by atoms with Gasteiger partial charge in [-0.25, -0.2) is 19.2 Å². The highest BCUT2D eigenvalue weighted by Gasteiger charge is 2.41. The predicted molar refractivity (Wildman–Crippen MR) is 115 cm³/mol. The summed E-state index contributed by atoms with van der Waals surface area (Å²) in [6.07, 6.45) is 1.31. The monoisotopic (exact) mass is 438 g/mol. The number of ether oxygens (including phenoxy) is 4. The molecule has 166 valence electrons. The van der Waals surface area contributed by atoms with Gasteiger partial charge in [0.25, 0.3) is 0 Å². The van der Waals surface area contributed by atoms with Gasteiger partial charge in [0.1, 0.15) is 0 Å². The fourth-order valence-corrected chi connectivity index (χ4v) is 2.49. The summed E-state index contributed by atoms with van der Waals surface area (Å²) in [4.78, 5) is 48.9. The lowest BCUT2D eigenvalue weighted by molar-refractivity contribution is -0.186. The minimum Gasteiger partial charge on any atom is -0.466 e. The summed E-state index contributed by atoms with van der Waals surface area (Å²) < 4.78 is 19.4. The van der Waals surface area contributed by atoms with Gasteiger partial charge in [-0.2, -0.15) is 0 Å². The van der Waals surface area contributed by atoms with E-state index in [4.69, 9.17) is 9.47 Å². The number of methoxy groups -OCH3 is 2. The molecule has 2 atom stereocenters. The molecule has 0 saturated carbocycles. The molecule has 0 radical (unpaired) electrons. The number of hydrogen-bond donors (Lipinski definition) is 0. The van der Waals surface area contributed by atoms with Crippen molar-refractivity contribution in [2.45, 2.75) is 12.2 Å². The SMILES string of the molecule is COC(=O)[C@@H](OC(=O)/C=C/c1ccccc1)[C@@H](OC(=O)/C=C/c1ccccc1)C(=O)OC. The Morgan fingerprint density at radius 3 is 1.28 bits per heavy atom. The Labute approximate surface area is 185 Å². The van der Waals surface area contributed by atoms with E-state index in [1.54, 1.807) is 48.5 Å². The molecule has 0 fully saturated rings. The van der Waals surface area contributed by atoms with Crippen molar-refractivity contribution in [1.82, 2.24) is 0 Å². The Bertz CT molecular complexity index is 898. The minimum absolute atomic E-state index is 0.709. The lowest BCUT2D eigenvalue weighted by Gasteiger charge is -2.22. The highest BCUT2D eigenvalue weighted by atomic mass is 16.6. The Balaban J connectivity index is 2.16. The first kappa shape index (κ1) is 24.1. The maximum absolute atomic E-state index is 12.2.